The molecule has 1 aliphatic heterocycles. The van der Waals surface area contributed by atoms with Gasteiger partial charge in [-0.15, -0.1) is 0 Å². The van der Waals surface area contributed by atoms with Crippen molar-refractivity contribution in [2.75, 3.05) is 34.1 Å². The molecule has 0 aliphatic carbocycles. The molecule has 1 N–H and O–H groups in total. The summed E-state index contributed by atoms with van der Waals surface area (Å²) in [7, 11) is 0.500. The van der Waals surface area contributed by atoms with Crippen LogP contribution in [0.5, 0.6) is 0 Å². The summed E-state index contributed by atoms with van der Waals surface area (Å²) in [5.74, 6) is -5.17. The lowest BCUT2D eigenvalue weighted by atomic mass is 10.1. The van der Waals surface area contributed by atoms with E-state index >= 15 is 0 Å². The van der Waals surface area contributed by atoms with Crippen LogP contribution in [0.3, 0.4) is 0 Å². The van der Waals surface area contributed by atoms with Crippen LogP contribution in [0.4, 0.5) is 48.4 Å². The largest absolute Gasteiger partial charge is 0.420 e. The number of halogens is 11. The van der Waals surface area contributed by atoms with E-state index in [-0.39, 0.29) is 6.67 Å². The van der Waals surface area contributed by atoms with Crippen LogP contribution in [0.15, 0.2) is 12.4 Å². The van der Waals surface area contributed by atoms with E-state index < -0.39 is 37.9 Å². The topological polar surface area (TPSA) is 24.5 Å². The van der Waals surface area contributed by atoms with Gasteiger partial charge in [0, 0.05) is 6.20 Å². The molecule has 0 fully saturated rings. The number of rotatable bonds is 5. The highest BCUT2D eigenvalue weighted by atomic mass is 19.4. The van der Waals surface area contributed by atoms with E-state index in [0.29, 0.717) is 19.0 Å². The SMILES string of the molecule is CCF.CF.FCOC(C(F)(F)F)C(F)(F)C(F)CF.FN1C=CNC1. The molecule has 0 aromatic carbocycles. The third kappa shape index (κ3) is 12.8. The quantitative estimate of drug-likeness (QED) is 0.525. The summed E-state index contributed by atoms with van der Waals surface area (Å²) in [6, 6.07) is 0. The van der Waals surface area contributed by atoms with Crippen molar-refractivity contribution in [3.63, 3.8) is 0 Å². The molecule has 1 rings (SSSR count). The van der Waals surface area contributed by atoms with Crippen molar-refractivity contribution in [3.8, 4) is 0 Å². The van der Waals surface area contributed by atoms with Gasteiger partial charge in [-0.1, -0.05) is 4.48 Å². The van der Waals surface area contributed by atoms with E-state index in [2.05, 4.69) is 10.1 Å². The molecule has 0 saturated carbocycles. The highest BCUT2D eigenvalue weighted by molar-refractivity contribution is 4.90. The van der Waals surface area contributed by atoms with Gasteiger partial charge in [0.05, 0.1) is 20.1 Å². The summed E-state index contributed by atoms with van der Waals surface area (Å²) in [4.78, 5) is 0. The van der Waals surface area contributed by atoms with Gasteiger partial charge >= 0.3 is 12.1 Å². The minimum atomic E-state index is -5.69. The maximum absolute atomic E-state index is 12.5. The lowest BCUT2D eigenvalue weighted by Crippen LogP contribution is -2.52. The Morgan fingerprint density at radius 2 is 1.58 bits per heavy atom. The lowest BCUT2D eigenvalue weighted by molar-refractivity contribution is -0.305. The van der Waals surface area contributed by atoms with E-state index in [9.17, 15) is 48.4 Å². The minimum Gasteiger partial charge on any atom is -0.370 e. The molecule has 0 saturated heterocycles. The first-order valence-electron chi connectivity index (χ1n) is 6.57. The monoisotopic (exact) mass is 416 g/mol. The van der Waals surface area contributed by atoms with Crippen molar-refractivity contribution >= 4 is 0 Å². The van der Waals surface area contributed by atoms with Crippen LogP contribution in [0, 0.1) is 0 Å². The molecular formula is C12H19F11N2O. The van der Waals surface area contributed by atoms with Crippen LogP contribution in [0.25, 0.3) is 0 Å². The lowest BCUT2D eigenvalue weighted by Gasteiger charge is -2.28. The predicted molar refractivity (Wildman–Crippen MR) is 71.5 cm³/mol. The van der Waals surface area contributed by atoms with E-state index in [1.54, 1.807) is 6.20 Å². The molecule has 2 atom stereocenters. The van der Waals surface area contributed by atoms with Crippen molar-refractivity contribution in [2.24, 2.45) is 0 Å². The van der Waals surface area contributed by atoms with E-state index in [0.717, 1.165) is 0 Å². The van der Waals surface area contributed by atoms with Gasteiger partial charge in [0.15, 0.2) is 13.0 Å². The first-order valence-corrected chi connectivity index (χ1v) is 6.57. The summed E-state index contributed by atoms with van der Waals surface area (Å²) >= 11 is 0. The van der Waals surface area contributed by atoms with Gasteiger partial charge < -0.3 is 10.1 Å². The molecule has 0 aromatic rings. The molecule has 3 nitrogen and oxygen atoms in total. The van der Waals surface area contributed by atoms with Crippen LogP contribution in [0.2, 0.25) is 0 Å². The van der Waals surface area contributed by atoms with Crippen LogP contribution >= 0.6 is 0 Å². The van der Waals surface area contributed by atoms with E-state index in [1.165, 1.54) is 13.1 Å². The van der Waals surface area contributed by atoms with Crippen molar-refractivity contribution < 1.29 is 53.1 Å². The van der Waals surface area contributed by atoms with Crippen LogP contribution in [-0.4, -0.2) is 63.6 Å². The van der Waals surface area contributed by atoms with Crippen molar-refractivity contribution in [1.29, 1.82) is 0 Å². The van der Waals surface area contributed by atoms with Crippen molar-refractivity contribution in [1.82, 2.24) is 10.4 Å². The van der Waals surface area contributed by atoms with E-state index in [1.807, 2.05) is 0 Å². The Morgan fingerprint density at radius 3 is 1.77 bits per heavy atom. The van der Waals surface area contributed by atoms with Crippen molar-refractivity contribution in [3.05, 3.63) is 12.4 Å². The molecule has 1 aliphatic rings. The first-order chi connectivity index (χ1) is 12.0. The van der Waals surface area contributed by atoms with Gasteiger partial charge in [-0.3, -0.25) is 8.78 Å². The molecule has 0 spiro atoms. The summed E-state index contributed by atoms with van der Waals surface area (Å²) in [5.41, 5.74) is 0. The standard InChI is InChI=1S/C6H6F8O.C3H5FN2.C2H5F.CH3F/c7-1-3(9)5(10,11)4(15-2-8)6(12,13)14;4-6-2-1-5-3-6;1-2-3;1-2/h3-4H,1-2H2;1-2,5H,3H2;2H2,1H3;1H3. The molecule has 0 amide bonds. The molecule has 26 heavy (non-hydrogen) atoms. The Bertz CT molecular complexity index is 342. The zero-order valence-corrected chi connectivity index (χ0v) is 13.7. The fourth-order valence-corrected chi connectivity index (χ4v) is 1.08. The zero-order chi connectivity index (χ0) is 21.4. The predicted octanol–water partition coefficient (Wildman–Crippen LogP) is 4.57. The first kappa shape index (κ1) is 29.3. The second kappa shape index (κ2) is 15.8. The molecule has 0 aromatic heterocycles. The summed E-state index contributed by atoms with van der Waals surface area (Å²) in [6.45, 7) is -3.01. The number of ether oxygens (including phenoxy) is 1. The average molecular weight is 416 g/mol. The third-order valence-corrected chi connectivity index (χ3v) is 2.03. The smallest absolute Gasteiger partial charge is 0.370 e. The van der Waals surface area contributed by atoms with Gasteiger partial charge in [-0.05, 0) is 6.92 Å². The molecule has 0 bridgehead atoms. The Morgan fingerprint density at radius 1 is 1.12 bits per heavy atom. The van der Waals surface area contributed by atoms with Gasteiger partial charge in [-0.2, -0.15) is 27.1 Å². The molecule has 1 heterocycles. The number of hydrogen-bond donors (Lipinski definition) is 1. The number of nitrogens with zero attached hydrogens (tertiary/aromatic N) is 1. The highest BCUT2D eigenvalue weighted by Crippen LogP contribution is 2.38. The Hall–Kier alpha value is -1.47. The molecule has 160 valence electrons. The van der Waals surface area contributed by atoms with Gasteiger partial charge in [0.25, 0.3) is 0 Å². The van der Waals surface area contributed by atoms with E-state index in [4.69, 9.17) is 0 Å². The maximum Gasteiger partial charge on any atom is 0.420 e. The number of nitrogens with one attached hydrogen (secondary N) is 1. The highest BCUT2D eigenvalue weighted by Gasteiger charge is 2.61. The van der Waals surface area contributed by atoms with Crippen LogP contribution < -0.4 is 5.32 Å². The molecule has 14 heteroatoms. The average Bonchev–Trinajstić information content (AvgIpc) is 3.04. The number of hydrogen-bond acceptors (Lipinski definition) is 3. The zero-order valence-electron chi connectivity index (χ0n) is 13.7. The normalized spacial score (nSPS) is 15.3. The van der Waals surface area contributed by atoms with Gasteiger partial charge in [-0.25, -0.2) is 13.2 Å². The Kier molecular flexibility index (Phi) is 17.8. The maximum atomic E-state index is 12.5. The van der Waals surface area contributed by atoms with Crippen molar-refractivity contribution in [2.45, 2.75) is 31.3 Å². The Balaban J connectivity index is -0.000000391. The second-order valence-electron chi connectivity index (χ2n) is 3.84. The van der Waals surface area contributed by atoms with Crippen LogP contribution in [0.1, 0.15) is 6.92 Å². The summed E-state index contributed by atoms with van der Waals surface area (Å²) < 4.78 is 130. The van der Waals surface area contributed by atoms with Crippen LogP contribution in [-0.2, 0) is 4.74 Å². The Labute approximate surface area is 142 Å². The fourth-order valence-electron chi connectivity index (χ4n) is 1.08. The number of alkyl halides is 10. The molecule has 0 radical (unpaired) electrons. The summed E-state index contributed by atoms with van der Waals surface area (Å²) in [6.07, 6.45) is -10.5. The molecule has 2 unspecified atom stereocenters. The molecular weight excluding hydrogens is 397 g/mol. The minimum absolute atomic E-state index is 0.250. The fraction of sp³-hybridized carbons (Fsp3) is 0.833. The van der Waals surface area contributed by atoms with Gasteiger partial charge in [0.1, 0.15) is 13.3 Å². The third-order valence-electron chi connectivity index (χ3n) is 2.03. The summed E-state index contributed by atoms with van der Waals surface area (Å²) in [5, 5.41) is 3.21. The second-order valence-corrected chi connectivity index (χ2v) is 3.84. The van der Waals surface area contributed by atoms with Gasteiger partial charge in [0.2, 0.25) is 6.10 Å².